The van der Waals surface area contributed by atoms with Gasteiger partial charge >= 0.3 is 11.9 Å². The summed E-state index contributed by atoms with van der Waals surface area (Å²) in [4.78, 5) is 36.6. The molecule has 2 unspecified atom stereocenters. The topological polar surface area (TPSA) is 72.9 Å². The Balaban J connectivity index is 2.76. The summed E-state index contributed by atoms with van der Waals surface area (Å²) >= 11 is 1.59. The number of thioether (sulfide) groups is 1. The second kappa shape index (κ2) is 7.37. The normalized spacial score (nSPS) is 20.3. The molecule has 0 aromatic rings. The molecule has 1 fully saturated rings. The van der Waals surface area contributed by atoms with Gasteiger partial charge in [-0.1, -0.05) is 0 Å². The van der Waals surface area contributed by atoms with Gasteiger partial charge in [0.15, 0.2) is 0 Å². The van der Waals surface area contributed by atoms with Crippen LogP contribution < -0.4 is 0 Å². The fraction of sp³-hybridized carbons (Fsp3) is 0.750. The van der Waals surface area contributed by atoms with E-state index in [-0.39, 0.29) is 18.9 Å². The van der Waals surface area contributed by atoms with E-state index in [4.69, 9.17) is 4.74 Å². The largest absolute Gasteiger partial charge is 0.469 e. The van der Waals surface area contributed by atoms with Crippen molar-refractivity contribution in [1.29, 1.82) is 0 Å². The molecular formula is C12H19NO5S. The first-order valence-electron chi connectivity index (χ1n) is 5.99. The van der Waals surface area contributed by atoms with Gasteiger partial charge in [0.2, 0.25) is 5.91 Å². The Labute approximate surface area is 116 Å². The molecule has 1 heterocycles. The molecule has 0 radical (unpaired) electrons. The minimum absolute atomic E-state index is 0.0967. The Morgan fingerprint density at radius 3 is 2.63 bits per heavy atom. The van der Waals surface area contributed by atoms with E-state index >= 15 is 0 Å². The highest BCUT2D eigenvalue weighted by Gasteiger charge is 2.41. The van der Waals surface area contributed by atoms with Crippen molar-refractivity contribution in [1.82, 2.24) is 4.90 Å². The van der Waals surface area contributed by atoms with E-state index in [0.29, 0.717) is 6.42 Å². The zero-order valence-electron chi connectivity index (χ0n) is 11.4. The van der Waals surface area contributed by atoms with Gasteiger partial charge in [0.1, 0.15) is 6.04 Å². The summed E-state index contributed by atoms with van der Waals surface area (Å²) in [6.45, 7) is 0.222. The number of hydrogen-bond donors (Lipinski definition) is 0. The van der Waals surface area contributed by atoms with Gasteiger partial charge < -0.3 is 14.4 Å². The fourth-order valence-electron chi connectivity index (χ4n) is 2.12. The maximum atomic E-state index is 11.9. The average molecular weight is 289 g/mol. The molecule has 1 saturated heterocycles. The molecule has 1 aliphatic rings. The van der Waals surface area contributed by atoms with Crippen LogP contribution >= 0.6 is 11.8 Å². The van der Waals surface area contributed by atoms with E-state index < -0.39 is 23.9 Å². The lowest BCUT2D eigenvalue weighted by atomic mass is 10.1. The lowest BCUT2D eigenvalue weighted by Gasteiger charge is -2.25. The van der Waals surface area contributed by atoms with Crippen LogP contribution in [0.1, 0.15) is 12.8 Å². The van der Waals surface area contributed by atoms with Crippen LogP contribution in [0.25, 0.3) is 0 Å². The quantitative estimate of drug-likeness (QED) is 0.655. The molecule has 1 amide bonds. The van der Waals surface area contributed by atoms with Crippen LogP contribution in [-0.2, 0) is 23.9 Å². The third-order valence-electron chi connectivity index (χ3n) is 3.14. The summed E-state index contributed by atoms with van der Waals surface area (Å²) in [6, 6.07) is -0.611. The third-order valence-corrected chi connectivity index (χ3v) is 3.78. The SMILES string of the molecule is COC(=O)C1CC(=O)N(C(CCSC)C(=O)OC)C1. The van der Waals surface area contributed by atoms with Gasteiger partial charge in [-0.3, -0.25) is 9.59 Å². The zero-order chi connectivity index (χ0) is 14.4. The molecule has 1 aliphatic heterocycles. The summed E-state index contributed by atoms with van der Waals surface area (Å²) in [6.07, 6.45) is 2.55. The van der Waals surface area contributed by atoms with Gasteiger partial charge in [0, 0.05) is 13.0 Å². The molecule has 19 heavy (non-hydrogen) atoms. The number of rotatable bonds is 6. The van der Waals surface area contributed by atoms with Crippen LogP contribution in [0.2, 0.25) is 0 Å². The number of hydrogen-bond acceptors (Lipinski definition) is 6. The van der Waals surface area contributed by atoms with Gasteiger partial charge in [0.05, 0.1) is 20.1 Å². The van der Waals surface area contributed by atoms with Gasteiger partial charge in [-0.15, -0.1) is 0 Å². The highest BCUT2D eigenvalue weighted by Crippen LogP contribution is 2.23. The lowest BCUT2D eigenvalue weighted by molar-refractivity contribution is -0.151. The van der Waals surface area contributed by atoms with Crippen molar-refractivity contribution < 1.29 is 23.9 Å². The van der Waals surface area contributed by atoms with Gasteiger partial charge in [-0.2, -0.15) is 11.8 Å². The predicted molar refractivity (Wildman–Crippen MR) is 70.6 cm³/mol. The Morgan fingerprint density at radius 2 is 2.11 bits per heavy atom. The molecule has 0 spiro atoms. The predicted octanol–water partition coefficient (Wildman–Crippen LogP) is 0.303. The molecule has 0 aromatic carbocycles. The molecule has 1 rings (SSSR count). The number of ether oxygens (including phenoxy) is 2. The summed E-state index contributed by atoms with van der Waals surface area (Å²) in [5.41, 5.74) is 0. The molecule has 0 bridgehead atoms. The van der Waals surface area contributed by atoms with E-state index in [0.717, 1.165) is 5.75 Å². The van der Waals surface area contributed by atoms with Crippen molar-refractivity contribution in [2.24, 2.45) is 5.92 Å². The van der Waals surface area contributed by atoms with Gasteiger partial charge in [0.25, 0.3) is 0 Å². The van der Waals surface area contributed by atoms with Crippen molar-refractivity contribution in [2.45, 2.75) is 18.9 Å². The van der Waals surface area contributed by atoms with Crippen molar-refractivity contribution in [3.8, 4) is 0 Å². The van der Waals surface area contributed by atoms with E-state index in [1.54, 1.807) is 11.8 Å². The first-order chi connectivity index (χ1) is 9.04. The van der Waals surface area contributed by atoms with E-state index in [9.17, 15) is 14.4 Å². The molecule has 108 valence electrons. The number of methoxy groups -OCH3 is 2. The standard InChI is InChI=1S/C12H19NO5S/c1-17-11(15)8-6-10(14)13(7-8)9(4-5-19-3)12(16)18-2/h8-9H,4-7H2,1-3H3. The highest BCUT2D eigenvalue weighted by molar-refractivity contribution is 7.98. The molecule has 2 atom stereocenters. The molecule has 0 saturated carbocycles. The number of carbonyl (C=O) groups excluding carboxylic acids is 3. The maximum absolute atomic E-state index is 11.9. The van der Waals surface area contributed by atoms with Crippen LogP contribution in [-0.4, -0.2) is 61.6 Å². The molecule has 0 aliphatic carbocycles. The fourth-order valence-corrected chi connectivity index (χ4v) is 2.58. The van der Waals surface area contributed by atoms with Crippen LogP contribution in [0, 0.1) is 5.92 Å². The minimum Gasteiger partial charge on any atom is -0.469 e. The Morgan fingerprint density at radius 1 is 1.42 bits per heavy atom. The molecule has 6 nitrogen and oxygen atoms in total. The molecule has 7 heteroatoms. The van der Waals surface area contributed by atoms with E-state index in [2.05, 4.69) is 4.74 Å². The molecular weight excluding hydrogens is 270 g/mol. The van der Waals surface area contributed by atoms with Crippen LogP contribution in [0.4, 0.5) is 0 Å². The lowest BCUT2D eigenvalue weighted by Crippen LogP contribution is -2.43. The summed E-state index contributed by atoms with van der Waals surface area (Å²) in [7, 11) is 2.59. The van der Waals surface area contributed by atoms with Crippen LogP contribution in [0.15, 0.2) is 0 Å². The number of likely N-dealkylation sites (tertiary alicyclic amines) is 1. The van der Waals surface area contributed by atoms with Crippen molar-refractivity contribution in [3.05, 3.63) is 0 Å². The number of esters is 2. The second-order valence-corrected chi connectivity index (χ2v) is 5.28. The smallest absolute Gasteiger partial charge is 0.328 e. The Hall–Kier alpha value is -1.24. The Kier molecular flexibility index (Phi) is 6.14. The van der Waals surface area contributed by atoms with E-state index in [1.165, 1.54) is 19.1 Å². The third kappa shape index (κ3) is 3.86. The second-order valence-electron chi connectivity index (χ2n) is 4.29. The van der Waals surface area contributed by atoms with Gasteiger partial charge in [-0.05, 0) is 18.4 Å². The van der Waals surface area contributed by atoms with Crippen LogP contribution in [0.5, 0.6) is 0 Å². The Bertz CT molecular complexity index is 360. The van der Waals surface area contributed by atoms with Crippen molar-refractivity contribution in [3.63, 3.8) is 0 Å². The monoisotopic (exact) mass is 289 g/mol. The van der Waals surface area contributed by atoms with Gasteiger partial charge in [-0.25, -0.2) is 4.79 Å². The summed E-state index contributed by atoms with van der Waals surface area (Å²) < 4.78 is 9.37. The minimum atomic E-state index is -0.611. The first kappa shape index (κ1) is 15.8. The van der Waals surface area contributed by atoms with E-state index in [1.807, 2.05) is 6.26 Å². The van der Waals surface area contributed by atoms with Crippen molar-refractivity contribution in [2.75, 3.05) is 32.8 Å². The first-order valence-corrected chi connectivity index (χ1v) is 7.38. The summed E-state index contributed by atoms with van der Waals surface area (Å²) in [5, 5.41) is 0. The number of carbonyl (C=O) groups is 3. The molecule has 0 N–H and O–H groups in total. The zero-order valence-corrected chi connectivity index (χ0v) is 12.2. The maximum Gasteiger partial charge on any atom is 0.328 e. The number of nitrogens with zero attached hydrogens (tertiary/aromatic N) is 1. The average Bonchev–Trinajstić information content (AvgIpc) is 2.80. The number of amides is 1. The highest BCUT2D eigenvalue weighted by atomic mass is 32.2. The van der Waals surface area contributed by atoms with Crippen LogP contribution in [0.3, 0.4) is 0 Å². The van der Waals surface area contributed by atoms with Crippen molar-refractivity contribution >= 4 is 29.6 Å². The summed E-state index contributed by atoms with van der Waals surface area (Å²) in [5.74, 6) is -0.796. The molecule has 0 aromatic heterocycles.